The molecule has 0 aromatic heterocycles. The van der Waals surface area contributed by atoms with Gasteiger partial charge in [-0.3, -0.25) is 4.79 Å². The Hall–Kier alpha value is -1.40. The van der Waals surface area contributed by atoms with Gasteiger partial charge in [0.1, 0.15) is 0 Å². The van der Waals surface area contributed by atoms with E-state index in [4.69, 9.17) is 0 Å². The lowest BCUT2D eigenvalue weighted by atomic mass is 9.99. The predicted molar refractivity (Wildman–Crippen MR) is 86.9 cm³/mol. The van der Waals surface area contributed by atoms with Gasteiger partial charge in [0.25, 0.3) is 0 Å². The molecule has 0 spiro atoms. The van der Waals surface area contributed by atoms with Gasteiger partial charge in [0, 0.05) is 19.6 Å². The van der Waals surface area contributed by atoms with E-state index in [1.807, 2.05) is 18.2 Å². The molecule has 0 aliphatic carbocycles. The summed E-state index contributed by atoms with van der Waals surface area (Å²) in [5.74, 6) is -0.249. The Balaban J connectivity index is 1.73. The number of carbonyl (C=O) groups excluding carboxylic acids is 1. The summed E-state index contributed by atoms with van der Waals surface area (Å²) in [6, 6.07) is 10.2. The molecular formula is C16H24N2O3S. The lowest BCUT2D eigenvalue weighted by Gasteiger charge is -2.30. The lowest BCUT2D eigenvalue weighted by Crippen LogP contribution is -2.45. The molecule has 1 heterocycles. The maximum atomic E-state index is 12.1. The van der Waals surface area contributed by atoms with E-state index in [0.29, 0.717) is 19.6 Å². The Labute approximate surface area is 132 Å². The zero-order valence-electron chi connectivity index (χ0n) is 13.0. The summed E-state index contributed by atoms with van der Waals surface area (Å²) in [7, 11) is -3.20. The first-order valence-electron chi connectivity index (χ1n) is 7.73. The van der Waals surface area contributed by atoms with Gasteiger partial charge in [-0.25, -0.2) is 12.7 Å². The van der Waals surface area contributed by atoms with Crippen molar-refractivity contribution in [2.75, 3.05) is 25.9 Å². The smallest absolute Gasteiger partial charge is 0.224 e. The van der Waals surface area contributed by atoms with E-state index in [2.05, 4.69) is 17.4 Å². The normalized spacial score (nSPS) is 19.8. The summed E-state index contributed by atoms with van der Waals surface area (Å²) >= 11 is 0. The van der Waals surface area contributed by atoms with Crippen LogP contribution in [0.4, 0.5) is 0 Å². The summed E-state index contributed by atoms with van der Waals surface area (Å²) < 4.78 is 24.5. The third kappa shape index (κ3) is 5.10. The van der Waals surface area contributed by atoms with E-state index in [1.165, 1.54) is 16.1 Å². The second-order valence-electron chi connectivity index (χ2n) is 5.84. The van der Waals surface area contributed by atoms with Crippen LogP contribution in [0.15, 0.2) is 30.3 Å². The molecule has 0 radical (unpaired) electrons. The Morgan fingerprint density at radius 3 is 2.73 bits per heavy atom. The van der Waals surface area contributed by atoms with Crippen molar-refractivity contribution in [1.82, 2.24) is 9.62 Å². The quantitative estimate of drug-likeness (QED) is 0.805. The molecule has 1 unspecified atom stereocenters. The first kappa shape index (κ1) is 17.0. The Bertz CT molecular complexity index is 587. The molecule has 122 valence electrons. The molecule has 2 rings (SSSR count). The van der Waals surface area contributed by atoms with Crippen LogP contribution in [0.2, 0.25) is 0 Å². The van der Waals surface area contributed by atoms with Gasteiger partial charge in [-0.15, -0.1) is 0 Å². The number of amides is 1. The molecule has 0 saturated carbocycles. The minimum absolute atomic E-state index is 0.0265. The van der Waals surface area contributed by atoms with Crippen molar-refractivity contribution in [3.63, 3.8) is 0 Å². The topological polar surface area (TPSA) is 66.5 Å². The number of aryl methyl sites for hydroxylation is 1. The first-order valence-corrected chi connectivity index (χ1v) is 9.58. The van der Waals surface area contributed by atoms with Crippen molar-refractivity contribution < 1.29 is 13.2 Å². The summed E-state index contributed by atoms with van der Waals surface area (Å²) in [4.78, 5) is 12.1. The van der Waals surface area contributed by atoms with Gasteiger partial charge in [-0.2, -0.15) is 0 Å². The number of sulfonamides is 1. The molecule has 1 fully saturated rings. The van der Waals surface area contributed by atoms with Crippen LogP contribution in [0.5, 0.6) is 0 Å². The monoisotopic (exact) mass is 324 g/mol. The van der Waals surface area contributed by atoms with Crippen molar-refractivity contribution in [3.05, 3.63) is 35.9 Å². The molecule has 5 nitrogen and oxygen atoms in total. The highest BCUT2D eigenvalue weighted by atomic mass is 32.2. The number of nitrogens with zero attached hydrogens (tertiary/aromatic N) is 1. The largest absolute Gasteiger partial charge is 0.356 e. The first-order chi connectivity index (χ1) is 10.5. The van der Waals surface area contributed by atoms with Crippen LogP contribution in [0.3, 0.4) is 0 Å². The maximum Gasteiger partial charge on any atom is 0.224 e. The fourth-order valence-electron chi connectivity index (χ4n) is 2.75. The van der Waals surface area contributed by atoms with E-state index in [1.54, 1.807) is 0 Å². The lowest BCUT2D eigenvalue weighted by molar-refractivity contribution is -0.126. The summed E-state index contributed by atoms with van der Waals surface area (Å²) in [6.07, 6.45) is 4.53. The number of rotatable bonds is 6. The van der Waals surface area contributed by atoms with Gasteiger partial charge in [0.05, 0.1) is 12.2 Å². The van der Waals surface area contributed by atoms with Gasteiger partial charge in [-0.05, 0) is 31.2 Å². The highest BCUT2D eigenvalue weighted by molar-refractivity contribution is 7.88. The predicted octanol–water partition coefficient (Wildman–Crippen LogP) is 1.41. The van der Waals surface area contributed by atoms with Crippen LogP contribution < -0.4 is 5.32 Å². The maximum absolute atomic E-state index is 12.1. The van der Waals surface area contributed by atoms with Gasteiger partial charge in [-0.1, -0.05) is 30.3 Å². The van der Waals surface area contributed by atoms with E-state index in [-0.39, 0.29) is 11.8 Å². The van der Waals surface area contributed by atoms with Crippen LogP contribution in [0, 0.1) is 5.92 Å². The Morgan fingerprint density at radius 2 is 2.05 bits per heavy atom. The highest BCUT2D eigenvalue weighted by Gasteiger charge is 2.29. The Morgan fingerprint density at radius 1 is 1.32 bits per heavy atom. The Kier molecular flexibility index (Phi) is 5.97. The number of piperidine rings is 1. The molecule has 1 aliphatic rings. The van der Waals surface area contributed by atoms with E-state index in [9.17, 15) is 13.2 Å². The van der Waals surface area contributed by atoms with Crippen LogP contribution >= 0.6 is 0 Å². The molecule has 1 N–H and O–H groups in total. The fourth-order valence-corrected chi connectivity index (χ4v) is 3.66. The van der Waals surface area contributed by atoms with Gasteiger partial charge in [0.2, 0.25) is 15.9 Å². The van der Waals surface area contributed by atoms with Crippen LogP contribution in [0.1, 0.15) is 24.8 Å². The van der Waals surface area contributed by atoms with Crippen LogP contribution in [-0.2, 0) is 21.2 Å². The van der Waals surface area contributed by atoms with Crippen LogP contribution in [-0.4, -0.2) is 44.5 Å². The van der Waals surface area contributed by atoms with E-state index < -0.39 is 10.0 Å². The second kappa shape index (κ2) is 7.74. The number of hydrogen-bond acceptors (Lipinski definition) is 3. The minimum atomic E-state index is -3.20. The zero-order valence-corrected chi connectivity index (χ0v) is 13.8. The van der Waals surface area contributed by atoms with Crippen molar-refractivity contribution in [2.45, 2.75) is 25.7 Å². The van der Waals surface area contributed by atoms with Gasteiger partial charge >= 0.3 is 0 Å². The number of carbonyl (C=O) groups is 1. The third-order valence-electron chi connectivity index (χ3n) is 4.01. The SMILES string of the molecule is CS(=O)(=O)N1CCCC(C(=O)NCCCc2ccccc2)C1. The summed E-state index contributed by atoms with van der Waals surface area (Å²) in [5, 5.41) is 2.93. The average Bonchev–Trinajstić information content (AvgIpc) is 2.52. The summed E-state index contributed by atoms with van der Waals surface area (Å²) in [6.45, 7) is 1.46. The summed E-state index contributed by atoms with van der Waals surface area (Å²) in [5.41, 5.74) is 1.26. The molecule has 1 aromatic carbocycles. The molecule has 1 aliphatic heterocycles. The fraction of sp³-hybridized carbons (Fsp3) is 0.562. The van der Waals surface area contributed by atoms with Crippen LogP contribution in [0.25, 0.3) is 0 Å². The van der Waals surface area contributed by atoms with Gasteiger partial charge in [0.15, 0.2) is 0 Å². The third-order valence-corrected chi connectivity index (χ3v) is 5.28. The molecule has 1 aromatic rings. The molecular weight excluding hydrogens is 300 g/mol. The zero-order chi connectivity index (χ0) is 16.0. The highest BCUT2D eigenvalue weighted by Crippen LogP contribution is 2.18. The number of nitrogens with one attached hydrogen (secondary N) is 1. The van der Waals surface area contributed by atoms with Crippen molar-refractivity contribution >= 4 is 15.9 Å². The van der Waals surface area contributed by atoms with Crippen molar-refractivity contribution in [2.24, 2.45) is 5.92 Å². The number of benzene rings is 1. The standard InChI is InChI=1S/C16H24N2O3S/c1-22(20,21)18-12-6-10-15(13-18)16(19)17-11-5-9-14-7-3-2-4-8-14/h2-4,7-8,15H,5-6,9-13H2,1H3,(H,17,19). The minimum Gasteiger partial charge on any atom is -0.356 e. The van der Waals surface area contributed by atoms with Gasteiger partial charge < -0.3 is 5.32 Å². The molecule has 6 heteroatoms. The average molecular weight is 324 g/mol. The molecule has 0 bridgehead atoms. The molecule has 1 amide bonds. The van der Waals surface area contributed by atoms with E-state index in [0.717, 1.165) is 25.7 Å². The number of hydrogen-bond donors (Lipinski definition) is 1. The van der Waals surface area contributed by atoms with Crippen molar-refractivity contribution in [3.8, 4) is 0 Å². The van der Waals surface area contributed by atoms with Crippen molar-refractivity contribution in [1.29, 1.82) is 0 Å². The second-order valence-corrected chi connectivity index (χ2v) is 7.82. The molecule has 1 atom stereocenters. The molecule has 22 heavy (non-hydrogen) atoms. The molecule has 1 saturated heterocycles. The van der Waals surface area contributed by atoms with E-state index >= 15 is 0 Å².